The summed E-state index contributed by atoms with van der Waals surface area (Å²) in [5.41, 5.74) is -0.128. The van der Waals surface area contributed by atoms with Crippen LogP contribution in [0.1, 0.15) is 65.2 Å². The summed E-state index contributed by atoms with van der Waals surface area (Å²) in [6.45, 7) is 7.80. The van der Waals surface area contributed by atoms with E-state index in [-0.39, 0.29) is 35.5 Å². The van der Waals surface area contributed by atoms with Crippen molar-refractivity contribution in [2.45, 2.75) is 70.8 Å². The summed E-state index contributed by atoms with van der Waals surface area (Å²) < 4.78 is 5.78. The van der Waals surface area contributed by atoms with Gasteiger partial charge in [-0.3, -0.25) is 9.79 Å². The van der Waals surface area contributed by atoms with E-state index in [0.29, 0.717) is 32.0 Å². The third-order valence-corrected chi connectivity index (χ3v) is 5.15. The SMILES string of the molecule is CCNC(=NCC1(C)CCCO1)NCCNC(=O)CC1CCCCC1.I. The Hall–Kier alpha value is -0.570. The average Bonchev–Trinajstić information content (AvgIpc) is 3.04. The summed E-state index contributed by atoms with van der Waals surface area (Å²) in [7, 11) is 0. The van der Waals surface area contributed by atoms with E-state index in [2.05, 4.69) is 34.8 Å². The lowest BCUT2D eigenvalue weighted by Gasteiger charge is -2.22. The molecule has 1 aliphatic heterocycles. The van der Waals surface area contributed by atoms with Gasteiger partial charge in [0.15, 0.2) is 5.96 Å². The fourth-order valence-electron chi connectivity index (χ4n) is 3.66. The van der Waals surface area contributed by atoms with E-state index in [1.807, 2.05) is 0 Å². The zero-order valence-corrected chi connectivity index (χ0v) is 18.8. The van der Waals surface area contributed by atoms with E-state index in [4.69, 9.17) is 4.74 Å². The van der Waals surface area contributed by atoms with Gasteiger partial charge in [-0.25, -0.2) is 0 Å². The lowest BCUT2D eigenvalue weighted by molar-refractivity contribution is -0.122. The van der Waals surface area contributed by atoms with Gasteiger partial charge in [-0.15, -0.1) is 24.0 Å². The molecule has 1 atom stereocenters. The van der Waals surface area contributed by atoms with Crippen LogP contribution in [0, 0.1) is 5.92 Å². The van der Waals surface area contributed by atoms with Crippen molar-refractivity contribution in [2.75, 3.05) is 32.8 Å². The molecule has 1 heterocycles. The number of hydrogen-bond donors (Lipinski definition) is 3. The maximum absolute atomic E-state index is 12.0. The second-order valence-corrected chi connectivity index (χ2v) is 7.58. The van der Waals surface area contributed by atoms with Crippen LogP contribution in [0.15, 0.2) is 4.99 Å². The van der Waals surface area contributed by atoms with Crippen molar-refractivity contribution in [3.05, 3.63) is 0 Å². The summed E-state index contributed by atoms with van der Waals surface area (Å²) >= 11 is 0. The molecule has 0 bridgehead atoms. The van der Waals surface area contributed by atoms with Crippen LogP contribution in [0.4, 0.5) is 0 Å². The number of carbonyl (C=O) groups is 1. The van der Waals surface area contributed by atoms with Gasteiger partial charge in [0.25, 0.3) is 0 Å². The lowest BCUT2D eigenvalue weighted by atomic mass is 9.87. The van der Waals surface area contributed by atoms with Crippen molar-refractivity contribution in [1.29, 1.82) is 0 Å². The first-order chi connectivity index (χ1) is 12.1. The number of hydrogen-bond acceptors (Lipinski definition) is 3. The topological polar surface area (TPSA) is 74.8 Å². The molecule has 0 aromatic heterocycles. The van der Waals surface area contributed by atoms with Gasteiger partial charge in [-0.1, -0.05) is 19.3 Å². The molecule has 2 aliphatic rings. The maximum Gasteiger partial charge on any atom is 0.220 e. The van der Waals surface area contributed by atoms with Gasteiger partial charge in [0.05, 0.1) is 12.1 Å². The minimum atomic E-state index is -0.128. The average molecular weight is 480 g/mol. The summed E-state index contributed by atoms with van der Waals surface area (Å²) in [6.07, 6.45) is 9.18. The standard InChI is InChI=1S/C19H36N4O2.HI/c1-3-20-18(23-15-19(2)10-7-13-25-19)22-12-11-21-17(24)14-16-8-5-4-6-9-16;/h16H,3-15H2,1-2H3,(H,21,24)(H2,20,22,23);1H. The van der Waals surface area contributed by atoms with Crippen LogP contribution in [0.25, 0.3) is 0 Å². The molecule has 2 fully saturated rings. The summed E-state index contributed by atoms with van der Waals surface area (Å²) in [6, 6.07) is 0. The van der Waals surface area contributed by atoms with Crippen LogP contribution in [-0.2, 0) is 9.53 Å². The number of aliphatic imine (C=N–C) groups is 1. The van der Waals surface area contributed by atoms with Gasteiger partial charge in [-0.2, -0.15) is 0 Å². The molecule has 7 heteroatoms. The molecule has 152 valence electrons. The second-order valence-electron chi connectivity index (χ2n) is 7.58. The van der Waals surface area contributed by atoms with E-state index in [1.54, 1.807) is 0 Å². The van der Waals surface area contributed by atoms with Crippen molar-refractivity contribution >= 4 is 35.8 Å². The maximum atomic E-state index is 12.0. The molecule has 1 saturated carbocycles. The Bertz CT molecular complexity index is 433. The smallest absolute Gasteiger partial charge is 0.220 e. The number of guanidine groups is 1. The van der Waals surface area contributed by atoms with Gasteiger partial charge in [-0.05, 0) is 45.4 Å². The molecule has 1 saturated heterocycles. The first-order valence-electron chi connectivity index (χ1n) is 10.0. The molecule has 26 heavy (non-hydrogen) atoms. The van der Waals surface area contributed by atoms with Crippen molar-refractivity contribution in [1.82, 2.24) is 16.0 Å². The van der Waals surface area contributed by atoms with Crippen LogP contribution in [0.5, 0.6) is 0 Å². The fourth-order valence-corrected chi connectivity index (χ4v) is 3.66. The quantitative estimate of drug-likeness (QED) is 0.216. The van der Waals surface area contributed by atoms with Crippen LogP contribution in [0.2, 0.25) is 0 Å². The minimum Gasteiger partial charge on any atom is -0.373 e. The molecule has 0 aromatic carbocycles. The van der Waals surface area contributed by atoms with E-state index < -0.39 is 0 Å². The number of carbonyl (C=O) groups excluding carboxylic acids is 1. The first-order valence-corrected chi connectivity index (χ1v) is 10.0. The van der Waals surface area contributed by atoms with Gasteiger partial charge in [0.2, 0.25) is 5.91 Å². The highest BCUT2D eigenvalue weighted by Crippen LogP contribution is 2.26. The fraction of sp³-hybridized carbons (Fsp3) is 0.895. The third-order valence-electron chi connectivity index (χ3n) is 5.15. The number of nitrogens with zero attached hydrogens (tertiary/aromatic N) is 1. The first kappa shape index (κ1) is 23.5. The number of ether oxygens (including phenoxy) is 1. The predicted molar refractivity (Wildman–Crippen MR) is 117 cm³/mol. The number of rotatable bonds is 8. The van der Waals surface area contributed by atoms with E-state index in [0.717, 1.165) is 32.0 Å². The largest absolute Gasteiger partial charge is 0.373 e. The van der Waals surface area contributed by atoms with Gasteiger partial charge >= 0.3 is 0 Å². The number of halogens is 1. The van der Waals surface area contributed by atoms with Crippen molar-refractivity contribution < 1.29 is 9.53 Å². The highest BCUT2D eigenvalue weighted by atomic mass is 127. The molecule has 1 aliphatic carbocycles. The molecular weight excluding hydrogens is 443 g/mol. The van der Waals surface area contributed by atoms with Gasteiger partial charge in [0, 0.05) is 32.7 Å². The predicted octanol–water partition coefficient (Wildman–Crippen LogP) is 2.82. The van der Waals surface area contributed by atoms with E-state index in [9.17, 15) is 4.79 Å². The zero-order valence-electron chi connectivity index (χ0n) is 16.4. The van der Waals surface area contributed by atoms with Crippen LogP contribution < -0.4 is 16.0 Å². The molecule has 3 N–H and O–H groups in total. The van der Waals surface area contributed by atoms with Gasteiger partial charge < -0.3 is 20.7 Å². The monoisotopic (exact) mass is 480 g/mol. The van der Waals surface area contributed by atoms with Crippen molar-refractivity contribution in [2.24, 2.45) is 10.9 Å². The van der Waals surface area contributed by atoms with Crippen molar-refractivity contribution in [3.8, 4) is 0 Å². The Morgan fingerprint density at radius 1 is 1.12 bits per heavy atom. The van der Waals surface area contributed by atoms with E-state index >= 15 is 0 Å². The molecule has 0 spiro atoms. The Morgan fingerprint density at radius 3 is 2.50 bits per heavy atom. The molecule has 2 rings (SSSR count). The highest BCUT2D eigenvalue weighted by molar-refractivity contribution is 14.0. The zero-order chi connectivity index (χ0) is 18.0. The molecule has 1 amide bonds. The summed E-state index contributed by atoms with van der Waals surface area (Å²) in [4.78, 5) is 16.7. The lowest BCUT2D eigenvalue weighted by Crippen LogP contribution is -2.42. The van der Waals surface area contributed by atoms with Crippen LogP contribution >= 0.6 is 24.0 Å². The number of nitrogens with one attached hydrogen (secondary N) is 3. The summed E-state index contributed by atoms with van der Waals surface area (Å²) in [5, 5.41) is 9.56. The summed E-state index contributed by atoms with van der Waals surface area (Å²) in [5.74, 6) is 1.57. The van der Waals surface area contributed by atoms with Crippen molar-refractivity contribution in [3.63, 3.8) is 0 Å². The Morgan fingerprint density at radius 2 is 1.85 bits per heavy atom. The van der Waals surface area contributed by atoms with Crippen LogP contribution in [-0.4, -0.2) is 50.3 Å². The Balaban J connectivity index is 0.00000338. The van der Waals surface area contributed by atoms with Gasteiger partial charge in [0.1, 0.15) is 0 Å². The normalized spacial score (nSPS) is 24.0. The molecule has 1 unspecified atom stereocenters. The molecule has 0 radical (unpaired) electrons. The highest BCUT2D eigenvalue weighted by Gasteiger charge is 2.29. The molecular formula is C19H37IN4O2. The minimum absolute atomic E-state index is 0. The Labute approximate surface area is 175 Å². The Kier molecular flexibility index (Phi) is 11.5. The molecule has 0 aromatic rings. The van der Waals surface area contributed by atoms with Crippen LogP contribution in [0.3, 0.4) is 0 Å². The third kappa shape index (κ3) is 8.88. The molecule has 6 nitrogen and oxygen atoms in total. The number of amides is 1. The van der Waals surface area contributed by atoms with E-state index in [1.165, 1.54) is 32.1 Å². The second kappa shape index (κ2) is 12.8.